The monoisotopic (exact) mass is 222 g/mol. The van der Waals surface area contributed by atoms with Crippen LogP contribution in [0, 0.1) is 5.82 Å². The predicted molar refractivity (Wildman–Crippen MR) is 47.3 cm³/mol. The van der Waals surface area contributed by atoms with Crippen molar-refractivity contribution in [2.45, 2.75) is 5.56 Å². The molecule has 0 fully saturated rings. The molecule has 13 heavy (non-hydrogen) atoms. The Morgan fingerprint density at radius 2 is 2.08 bits per heavy atom. The number of hydrogen-bond donors (Lipinski definition) is 0. The maximum Gasteiger partial charge on any atom is 0.405 e. The lowest BCUT2D eigenvalue weighted by Gasteiger charge is -2.08. The molecule has 0 heterocycles. The van der Waals surface area contributed by atoms with Crippen LogP contribution in [0.5, 0.6) is 0 Å². The standard InChI is InChI=1S/C8H5Cl2FO2/c9-7(13-8(10)12)5-3-1-2-4-6(5)11/h1-4,7H. The topological polar surface area (TPSA) is 26.3 Å². The second-order valence-corrected chi connectivity index (χ2v) is 2.90. The fourth-order valence-corrected chi connectivity index (χ4v) is 1.20. The van der Waals surface area contributed by atoms with Crippen LogP contribution in [0.25, 0.3) is 0 Å². The van der Waals surface area contributed by atoms with Gasteiger partial charge in [-0.15, -0.1) is 0 Å². The number of carbonyl (C=O) groups excluding carboxylic acids is 1. The summed E-state index contributed by atoms with van der Waals surface area (Å²) in [7, 11) is 0. The molecule has 0 radical (unpaired) electrons. The molecule has 1 aromatic rings. The Kier molecular flexibility index (Phi) is 3.51. The number of hydrogen-bond acceptors (Lipinski definition) is 2. The van der Waals surface area contributed by atoms with Crippen LogP contribution in [0.4, 0.5) is 9.18 Å². The van der Waals surface area contributed by atoms with Gasteiger partial charge in [-0.1, -0.05) is 29.8 Å². The van der Waals surface area contributed by atoms with Gasteiger partial charge in [0, 0.05) is 17.2 Å². The molecule has 5 heteroatoms. The third-order valence-corrected chi connectivity index (χ3v) is 1.76. The molecule has 0 aliphatic heterocycles. The molecule has 0 spiro atoms. The van der Waals surface area contributed by atoms with E-state index >= 15 is 0 Å². The quantitative estimate of drug-likeness (QED) is 0.567. The van der Waals surface area contributed by atoms with E-state index in [0.717, 1.165) is 0 Å². The Labute approximate surface area is 84.2 Å². The largest absolute Gasteiger partial charge is 0.429 e. The predicted octanol–water partition coefficient (Wildman–Crippen LogP) is 3.44. The highest BCUT2D eigenvalue weighted by Crippen LogP contribution is 2.24. The zero-order valence-corrected chi connectivity index (χ0v) is 7.85. The van der Waals surface area contributed by atoms with Crippen molar-refractivity contribution in [3.8, 4) is 0 Å². The molecule has 0 aliphatic carbocycles. The lowest BCUT2D eigenvalue weighted by Crippen LogP contribution is -2.01. The molecular formula is C8H5Cl2FO2. The highest BCUT2D eigenvalue weighted by molar-refractivity contribution is 6.61. The first-order valence-electron chi connectivity index (χ1n) is 3.36. The Bertz CT molecular complexity index is 317. The number of halogens is 3. The van der Waals surface area contributed by atoms with E-state index in [1.807, 2.05) is 0 Å². The van der Waals surface area contributed by atoms with Crippen LogP contribution < -0.4 is 0 Å². The molecule has 1 atom stereocenters. The summed E-state index contributed by atoms with van der Waals surface area (Å²) in [6, 6.07) is 5.71. The first-order valence-corrected chi connectivity index (χ1v) is 4.17. The molecule has 0 saturated carbocycles. The average molecular weight is 223 g/mol. The van der Waals surface area contributed by atoms with Gasteiger partial charge < -0.3 is 4.74 Å². The van der Waals surface area contributed by atoms with Crippen LogP contribution in [0.3, 0.4) is 0 Å². The van der Waals surface area contributed by atoms with Crippen LogP contribution in [0.2, 0.25) is 0 Å². The number of benzene rings is 1. The zero-order chi connectivity index (χ0) is 9.84. The molecule has 1 unspecified atom stereocenters. The summed E-state index contributed by atoms with van der Waals surface area (Å²) < 4.78 is 17.3. The van der Waals surface area contributed by atoms with Crippen molar-refractivity contribution < 1.29 is 13.9 Å². The minimum atomic E-state index is -1.19. The molecule has 0 saturated heterocycles. The summed E-state index contributed by atoms with van der Waals surface area (Å²) >= 11 is 10.4. The molecule has 0 bridgehead atoms. The van der Waals surface area contributed by atoms with Gasteiger partial charge in [0.15, 0.2) is 0 Å². The van der Waals surface area contributed by atoms with Crippen LogP contribution in [-0.4, -0.2) is 5.43 Å². The van der Waals surface area contributed by atoms with Crippen molar-refractivity contribution in [1.29, 1.82) is 0 Å². The second-order valence-electron chi connectivity index (χ2n) is 2.19. The summed E-state index contributed by atoms with van der Waals surface area (Å²) in [5, 5.41) is 0. The van der Waals surface area contributed by atoms with E-state index in [4.69, 9.17) is 23.2 Å². The van der Waals surface area contributed by atoms with E-state index in [9.17, 15) is 9.18 Å². The molecule has 1 rings (SSSR count). The van der Waals surface area contributed by atoms with Gasteiger partial charge in [0.05, 0.1) is 0 Å². The third kappa shape index (κ3) is 2.86. The summed E-state index contributed by atoms with van der Waals surface area (Å²) in [6.45, 7) is 0. The summed E-state index contributed by atoms with van der Waals surface area (Å²) in [4.78, 5) is 10.3. The van der Waals surface area contributed by atoms with Gasteiger partial charge in [0.2, 0.25) is 5.56 Å². The molecule has 0 N–H and O–H groups in total. The van der Waals surface area contributed by atoms with E-state index in [-0.39, 0.29) is 5.56 Å². The van der Waals surface area contributed by atoms with E-state index < -0.39 is 16.8 Å². The summed E-state index contributed by atoms with van der Waals surface area (Å²) in [6.07, 6.45) is 0. The van der Waals surface area contributed by atoms with Gasteiger partial charge >= 0.3 is 5.43 Å². The van der Waals surface area contributed by atoms with Crippen LogP contribution in [0.15, 0.2) is 24.3 Å². The molecule has 2 nitrogen and oxygen atoms in total. The number of alkyl halides is 1. The van der Waals surface area contributed by atoms with E-state index in [1.54, 1.807) is 6.07 Å². The molecular weight excluding hydrogens is 218 g/mol. The molecule has 0 aliphatic rings. The smallest absolute Gasteiger partial charge is 0.405 e. The maximum atomic E-state index is 13.0. The van der Waals surface area contributed by atoms with Crippen LogP contribution in [-0.2, 0) is 4.74 Å². The Morgan fingerprint density at radius 1 is 1.46 bits per heavy atom. The highest BCUT2D eigenvalue weighted by atomic mass is 35.5. The van der Waals surface area contributed by atoms with Crippen LogP contribution in [0.1, 0.15) is 11.1 Å². The van der Waals surface area contributed by atoms with Crippen molar-refractivity contribution in [1.82, 2.24) is 0 Å². The molecule has 1 aromatic carbocycles. The lowest BCUT2D eigenvalue weighted by atomic mass is 10.2. The van der Waals surface area contributed by atoms with Crippen LogP contribution >= 0.6 is 23.2 Å². The maximum absolute atomic E-state index is 13.0. The van der Waals surface area contributed by atoms with Gasteiger partial charge in [-0.05, 0) is 6.07 Å². The van der Waals surface area contributed by atoms with Gasteiger partial charge in [-0.2, -0.15) is 0 Å². The summed E-state index contributed by atoms with van der Waals surface area (Å²) in [5.74, 6) is -0.541. The van der Waals surface area contributed by atoms with E-state index in [2.05, 4.69) is 4.74 Å². The van der Waals surface area contributed by atoms with Crippen molar-refractivity contribution in [3.05, 3.63) is 35.6 Å². The molecule has 0 aromatic heterocycles. The highest BCUT2D eigenvalue weighted by Gasteiger charge is 2.15. The molecule has 0 amide bonds. The number of ether oxygens (including phenoxy) is 1. The Morgan fingerprint density at radius 3 is 2.62 bits per heavy atom. The van der Waals surface area contributed by atoms with Gasteiger partial charge in [-0.25, -0.2) is 9.18 Å². The third-order valence-electron chi connectivity index (χ3n) is 1.35. The number of rotatable bonds is 2. The fraction of sp³-hybridized carbons (Fsp3) is 0.125. The molecule has 70 valence electrons. The Hall–Kier alpha value is -0.800. The average Bonchev–Trinajstić information content (AvgIpc) is 2.03. The van der Waals surface area contributed by atoms with Gasteiger partial charge in [0.25, 0.3) is 0 Å². The number of carbonyl (C=O) groups is 1. The zero-order valence-electron chi connectivity index (χ0n) is 6.34. The lowest BCUT2D eigenvalue weighted by molar-refractivity contribution is 0.158. The first kappa shape index (κ1) is 10.3. The fourth-order valence-electron chi connectivity index (χ4n) is 0.804. The SMILES string of the molecule is O=C(Cl)OC(Cl)c1ccccc1F. The van der Waals surface area contributed by atoms with Crippen molar-refractivity contribution in [3.63, 3.8) is 0 Å². The first-order chi connectivity index (χ1) is 6.11. The Balaban J connectivity index is 2.82. The van der Waals surface area contributed by atoms with Crippen molar-refractivity contribution in [2.24, 2.45) is 0 Å². The normalized spacial score (nSPS) is 12.2. The van der Waals surface area contributed by atoms with Gasteiger partial charge in [-0.3, -0.25) is 0 Å². The van der Waals surface area contributed by atoms with Crippen molar-refractivity contribution in [2.75, 3.05) is 0 Å². The summed E-state index contributed by atoms with van der Waals surface area (Å²) in [5.41, 5.74) is -2.17. The van der Waals surface area contributed by atoms with Crippen molar-refractivity contribution >= 4 is 28.6 Å². The van der Waals surface area contributed by atoms with Gasteiger partial charge in [0.1, 0.15) is 5.82 Å². The second kappa shape index (κ2) is 4.44. The minimum Gasteiger partial charge on any atom is -0.429 e. The van der Waals surface area contributed by atoms with E-state index in [1.165, 1.54) is 18.2 Å². The minimum absolute atomic E-state index is 0.0816. The van der Waals surface area contributed by atoms with E-state index in [0.29, 0.717) is 0 Å².